The lowest BCUT2D eigenvalue weighted by molar-refractivity contribution is 0.306. The molecule has 0 saturated heterocycles. The fourth-order valence-corrected chi connectivity index (χ4v) is 3.07. The van der Waals surface area contributed by atoms with Crippen molar-refractivity contribution in [1.29, 1.82) is 0 Å². The number of oxime groups is 1. The molecule has 4 rings (SSSR count). The number of aryl methyl sites for hydroxylation is 1. The minimum atomic E-state index is 0.525. The number of benzene rings is 2. The van der Waals surface area contributed by atoms with E-state index < -0.39 is 0 Å². The molecule has 0 fully saturated rings. The predicted octanol–water partition coefficient (Wildman–Crippen LogP) is 4.41. The van der Waals surface area contributed by atoms with Crippen LogP contribution in [0.4, 0.5) is 0 Å². The first-order chi connectivity index (χ1) is 12.3. The van der Waals surface area contributed by atoms with E-state index in [1.807, 2.05) is 55.5 Å². The Balaban J connectivity index is 1.75. The number of rotatable bonds is 4. The average Bonchev–Trinajstić information content (AvgIpc) is 3.02. The number of nitrogens with one attached hydrogen (secondary N) is 1. The van der Waals surface area contributed by atoms with E-state index in [-0.39, 0.29) is 0 Å². The Kier molecular flexibility index (Phi) is 3.82. The number of H-pyrrole nitrogens is 1. The molecule has 0 unspecified atom stereocenters. The second kappa shape index (κ2) is 6.28. The van der Waals surface area contributed by atoms with Gasteiger partial charge in [0.1, 0.15) is 12.4 Å². The first-order valence-electron chi connectivity index (χ1n) is 8.01. The molecule has 2 heterocycles. The molecule has 0 atom stereocenters. The zero-order chi connectivity index (χ0) is 17.2. The van der Waals surface area contributed by atoms with Crippen molar-refractivity contribution in [2.75, 3.05) is 0 Å². The molecule has 5 heteroatoms. The third-order valence-corrected chi connectivity index (χ3v) is 4.32. The molecule has 2 aromatic heterocycles. The molecule has 0 spiro atoms. The highest BCUT2D eigenvalue weighted by atomic mass is 16.5. The summed E-state index contributed by atoms with van der Waals surface area (Å²) >= 11 is 0. The van der Waals surface area contributed by atoms with Crippen molar-refractivity contribution >= 4 is 28.0 Å². The number of aromatic amines is 1. The first kappa shape index (κ1) is 15.2. The number of pyridine rings is 1. The Hall–Kier alpha value is -3.34. The number of hydrogen-bond acceptors (Lipinski definition) is 4. The molecule has 25 heavy (non-hydrogen) atoms. The third kappa shape index (κ3) is 2.80. The molecule has 0 saturated carbocycles. The average molecular weight is 331 g/mol. The molecule has 0 aliphatic carbocycles. The van der Waals surface area contributed by atoms with Crippen molar-refractivity contribution in [3.8, 4) is 5.75 Å². The normalized spacial score (nSPS) is 11.6. The molecule has 2 N–H and O–H groups in total. The van der Waals surface area contributed by atoms with Crippen molar-refractivity contribution in [1.82, 2.24) is 9.97 Å². The zero-order valence-corrected chi connectivity index (χ0v) is 13.7. The van der Waals surface area contributed by atoms with Crippen LogP contribution in [0.3, 0.4) is 0 Å². The van der Waals surface area contributed by atoms with Gasteiger partial charge in [0.25, 0.3) is 0 Å². The molecule has 124 valence electrons. The molecule has 0 radical (unpaired) electrons. The molecule has 4 aromatic rings. The van der Waals surface area contributed by atoms with E-state index in [2.05, 4.69) is 15.1 Å². The lowest BCUT2D eigenvalue weighted by Crippen LogP contribution is -1.95. The van der Waals surface area contributed by atoms with Crippen LogP contribution in [0.1, 0.15) is 16.8 Å². The summed E-state index contributed by atoms with van der Waals surface area (Å²) in [5.41, 5.74) is 4.70. The largest absolute Gasteiger partial charge is 0.489 e. The summed E-state index contributed by atoms with van der Waals surface area (Å²) in [4.78, 5) is 7.68. The summed E-state index contributed by atoms with van der Waals surface area (Å²) in [6.07, 6.45) is 3.10. The highest BCUT2D eigenvalue weighted by Crippen LogP contribution is 2.31. The third-order valence-electron chi connectivity index (χ3n) is 4.32. The predicted molar refractivity (Wildman–Crippen MR) is 98.5 cm³/mol. The topological polar surface area (TPSA) is 70.5 Å². The van der Waals surface area contributed by atoms with Gasteiger partial charge < -0.3 is 14.9 Å². The lowest BCUT2D eigenvalue weighted by atomic mass is 10.1. The Labute approximate surface area is 144 Å². The van der Waals surface area contributed by atoms with Crippen LogP contribution in [0.5, 0.6) is 5.75 Å². The minimum absolute atomic E-state index is 0.525. The summed E-state index contributed by atoms with van der Waals surface area (Å²) in [5, 5.41) is 14.0. The second-order valence-corrected chi connectivity index (χ2v) is 5.91. The van der Waals surface area contributed by atoms with Crippen LogP contribution in [0.15, 0.2) is 59.9 Å². The Morgan fingerprint density at radius 2 is 2.00 bits per heavy atom. The lowest BCUT2D eigenvalue weighted by Gasteiger charge is -2.07. The van der Waals surface area contributed by atoms with E-state index in [0.717, 1.165) is 38.7 Å². The standard InChI is InChI=1S/C20H17N3O2/c1-13-18(11-22-24)21-10-19-20(13)16-9-15(7-8-17(16)23-19)25-12-14-5-3-2-4-6-14/h2-11,23-24H,12H2,1H3/b22-11+. The Morgan fingerprint density at radius 1 is 1.16 bits per heavy atom. The van der Waals surface area contributed by atoms with Crippen molar-refractivity contribution in [3.05, 3.63) is 71.5 Å². The smallest absolute Gasteiger partial charge is 0.120 e. The first-order valence-corrected chi connectivity index (χ1v) is 8.01. The van der Waals surface area contributed by atoms with Gasteiger partial charge in [0.05, 0.1) is 23.6 Å². The molecule has 5 nitrogen and oxygen atoms in total. The molecule has 2 aromatic carbocycles. The van der Waals surface area contributed by atoms with Crippen molar-refractivity contribution in [2.45, 2.75) is 13.5 Å². The Bertz CT molecular complexity index is 1070. The van der Waals surface area contributed by atoms with Gasteiger partial charge in [-0.2, -0.15) is 0 Å². The SMILES string of the molecule is Cc1c(/C=N/O)ncc2[nH]c3ccc(OCc4ccccc4)cc3c12. The van der Waals surface area contributed by atoms with E-state index in [1.165, 1.54) is 6.21 Å². The van der Waals surface area contributed by atoms with E-state index >= 15 is 0 Å². The fourth-order valence-electron chi connectivity index (χ4n) is 3.07. The van der Waals surface area contributed by atoms with E-state index in [9.17, 15) is 0 Å². The maximum Gasteiger partial charge on any atom is 0.120 e. The summed E-state index contributed by atoms with van der Waals surface area (Å²) in [6.45, 7) is 2.49. The van der Waals surface area contributed by atoms with Gasteiger partial charge in [-0.05, 0) is 36.2 Å². The van der Waals surface area contributed by atoms with Crippen molar-refractivity contribution in [2.24, 2.45) is 5.16 Å². The van der Waals surface area contributed by atoms with E-state index in [0.29, 0.717) is 12.3 Å². The maximum atomic E-state index is 8.80. The van der Waals surface area contributed by atoms with Gasteiger partial charge in [0.2, 0.25) is 0 Å². The van der Waals surface area contributed by atoms with E-state index in [1.54, 1.807) is 6.20 Å². The summed E-state index contributed by atoms with van der Waals surface area (Å²) < 4.78 is 5.94. The van der Waals surface area contributed by atoms with Crippen LogP contribution in [0.25, 0.3) is 21.8 Å². The van der Waals surface area contributed by atoms with Gasteiger partial charge in [-0.1, -0.05) is 35.5 Å². The Morgan fingerprint density at radius 3 is 2.80 bits per heavy atom. The molecule has 0 amide bonds. The van der Waals surface area contributed by atoms with Gasteiger partial charge in [-0.15, -0.1) is 0 Å². The number of ether oxygens (including phenoxy) is 1. The molecule has 0 aliphatic rings. The van der Waals surface area contributed by atoms with Crippen LogP contribution in [0, 0.1) is 6.92 Å². The van der Waals surface area contributed by atoms with Gasteiger partial charge in [-0.25, -0.2) is 0 Å². The number of fused-ring (bicyclic) bond motifs is 3. The summed E-state index contributed by atoms with van der Waals surface area (Å²) in [6, 6.07) is 16.1. The molecular formula is C20H17N3O2. The summed E-state index contributed by atoms with van der Waals surface area (Å²) in [5.74, 6) is 0.811. The van der Waals surface area contributed by atoms with Gasteiger partial charge in [-0.3, -0.25) is 4.98 Å². The summed E-state index contributed by atoms with van der Waals surface area (Å²) in [7, 11) is 0. The van der Waals surface area contributed by atoms with Crippen LogP contribution in [-0.4, -0.2) is 21.4 Å². The van der Waals surface area contributed by atoms with Crippen LogP contribution in [-0.2, 0) is 6.61 Å². The van der Waals surface area contributed by atoms with Crippen LogP contribution < -0.4 is 4.74 Å². The number of hydrogen-bond donors (Lipinski definition) is 2. The van der Waals surface area contributed by atoms with Gasteiger partial charge >= 0.3 is 0 Å². The monoisotopic (exact) mass is 331 g/mol. The highest BCUT2D eigenvalue weighted by Gasteiger charge is 2.11. The van der Waals surface area contributed by atoms with Gasteiger partial charge in [0.15, 0.2) is 0 Å². The second-order valence-electron chi connectivity index (χ2n) is 5.91. The van der Waals surface area contributed by atoms with Crippen LogP contribution >= 0.6 is 0 Å². The minimum Gasteiger partial charge on any atom is -0.489 e. The molecule has 0 bridgehead atoms. The van der Waals surface area contributed by atoms with E-state index in [4.69, 9.17) is 9.94 Å². The van der Waals surface area contributed by atoms with Gasteiger partial charge in [0, 0.05) is 16.3 Å². The fraction of sp³-hybridized carbons (Fsp3) is 0.100. The number of aromatic nitrogens is 2. The molecular weight excluding hydrogens is 314 g/mol. The number of nitrogens with zero attached hydrogens (tertiary/aromatic N) is 2. The van der Waals surface area contributed by atoms with Crippen LogP contribution in [0.2, 0.25) is 0 Å². The maximum absolute atomic E-state index is 8.80. The zero-order valence-electron chi connectivity index (χ0n) is 13.7. The molecule has 0 aliphatic heterocycles. The quantitative estimate of drug-likeness (QED) is 0.330. The highest BCUT2D eigenvalue weighted by molar-refractivity contribution is 6.10. The van der Waals surface area contributed by atoms with Crippen molar-refractivity contribution in [3.63, 3.8) is 0 Å². The van der Waals surface area contributed by atoms with Crippen molar-refractivity contribution < 1.29 is 9.94 Å².